The molecule has 0 fully saturated rings. The first-order chi connectivity index (χ1) is 14.9. The van der Waals surface area contributed by atoms with E-state index >= 15 is 0 Å². The van der Waals surface area contributed by atoms with Crippen LogP contribution in [0.25, 0.3) is 11.2 Å². The summed E-state index contributed by atoms with van der Waals surface area (Å²) in [6.07, 6.45) is 14.8. The van der Waals surface area contributed by atoms with Crippen molar-refractivity contribution in [1.29, 1.82) is 0 Å². The van der Waals surface area contributed by atoms with Crippen LogP contribution in [0, 0.1) is 18.4 Å². The van der Waals surface area contributed by atoms with Crippen LogP contribution in [0.3, 0.4) is 0 Å². The van der Waals surface area contributed by atoms with Crippen LogP contribution in [0.2, 0.25) is 0 Å². The number of nitrogens with two attached hydrogens (primary N) is 1. The third-order valence-electron chi connectivity index (χ3n) is 5.32. The summed E-state index contributed by atoms with van der Waals surface area (Å²) in [4.78, 5) is 23.4. The molecule has 9 heteroatoms. The number of carbonyl (C=O) groups is 1. The summed E-state index contributed by atoms with van der Waals surface area (Å²) in [7, 11) is 1.47. The number of nitrogens with zero attached hydrogens (tertiary/aromatic N) is 4. The Morgan fingerprint density at radius 2 is 1.97 bits per heavy atom. The van der Waals surface area contributed by atoms with E-state index < -0.39 is 11.7 Å². The lowest BCUT2D eigenvalue weighted by molar-refractivity contribution is -0.150. The Morgan fingerprint density at radius 1 is 1.26 bits per heavy atom. The Kier molecular flexibility index (Phi) is 9.66. The van der Waals surface area contributed by atoms with Crippen molar-refractivity contribution in [3.05, 3.63) is 12.4 Å². The predicted molar refractivity (Wildman–Crippen MR) is 116 cm³/mol. The quantitative estimate of drug-likeness (QED) is 0.210. The van der Waals surface area contributed by atoms with Crippen molar-refractivity contribution in [2.45, 2.75) is 76.9 Å². The third-order valence-corrected chi connectivity index (χ3v) is 5.32. The van der Waals surface area contributed by atoms with Gasteiger partial charge in [-0.1, -0.05) is 51.4 Å². The summed E-state index contributed by atoms with van der Waals surface area (Å²) in [6, 6.07) is 0. The lowest BCUT2D eigenvalue weighted by Gasteiger charge is -2.26. The number of esters is 1. The molecule has 0 spiro atoms. The van der Waals surface area contributed by atoms with Gasteiger partial charge in [-0.3, -0.25) is 4.79 Å². The number of hydrogen-bond donors (Lipinski definition) is 1. The fourth-order valence-electron chi connectivity index (χ4n) is 3.30. The molecule has 2 rings (SSSR count). The molecule has 0 saturated carbocycles. The van der Waals surface area contributed by atoms with Crippen molar-refractivity contribution < 1.29 is 18.7 Å². The van der Waals surface area contributed by atoms with Crippen molar-refractivity contribution in [3.63, 3.8) is 0 Å². The van der Waals surface area contributed by atoms with Crippen molar-refractivity contribution in [2.24, 2.45) is 0 Å². The molecular formula is C22H32FN5O3. The van der Waals surface area contributed by atoms with Gasteiger partial charge in [-0.2, -0.15) is 14.4 Å². The highest BCUT2D eigenvalue weighted by atomic mass is 19.1. The number of ether oxygens (including phenoxy) is 2. The van der Waals surface area contributed by atoms with E-state index in [9.17, 15) is 9.18 Å². The van der Waals surface area contributed by atoms with Gasteiger partial charge in [-0.15, -0.1) is 6.42 Å². The van der Waals surface area contributed by atoms with E-state index in [-0.39, 0.29) is 24.0 Å². The molecule has 0 amide bonds. The number of methoxy groups -OCH3 is 1. The standard InChI is InChI=1S/C22H32FN5O3/c1-4-6-7-8-9-10-11-12-17(29)31-15-22(5-2,30-3)13-14-28-16-25-18-19(24)26-21(23)27-20(18)28/h2,16H,4,6-15H2,1,3H3,(H2,24,26,27). The number of anilines is 1. The fourth-order valence-corrected chi connectivity index (χ4v) is 3.30. The molecule has 0 radical (unpaired) electrons. The Balaban J connectivity index is 1.84. The first-order valence-electron chi connectivity index (χ1n) is 10.8. The number of terminal acetylenes is 1. The summed E-state index contributed by atoms with van der Waals surface area (Å²) in [5, 5.41) is 0. The normalized spacial score (nSPS) is 13.1. The maximum Gasteiger partial charge on any atom is 0.312 e. The average Bonchev–Trinajstić information content (AvgIpc) is 3.17. The van der Waals surface area contributed by atoms with Crippen LogP contribution in [0.15, 0.2) is 6.33 Å². The van der Waals surface area contributed by atoms with Gasteiger partial charge in [0.2, 0.25) is 0 Å². The number of aromatic nitrogens is 4. The number of carbonyl (C=O) groups excluding carboxylic acids is 1. The van der Waals surface area contributed by atoms with Crippen LogP contribution < -0.4 is 5.73 Å². The van der Waals surface area contributed by atoms with Gasteiger partial charge in [-0.05, 0) is 6.42 Å². The zero-order valence-electron chi connectivity index (χ0n) is 18.4. The molecular weight excluding hydrogens is 401 g/mol. The second-order valence-electron chi connectivity index (χ2n) is 7.61. The Morgan fingerprint density at radius 3 is 2.65 bits per heavy atom. The maximum atomic E-state index is 13.5. The molecule has 2 N–H and O–H groups in total. The minimum Gasteiger partial charge on any atom is -0.462 e. The van der Waals surface area contributed by atoms with E-state index in [4.69, 9.17) is 21.6 Å². The zero-order valence-corrected chi connectivity index (χ0v) is 18.4. The fraction of sp³-hybridized carbons (Fsp3) is 0.636. The van der Waals surface area contributed by atoms with Gasteiger partial charge in [0.15, 0.2) is 17.1 Å². The van der Waals surface area contributed by atoms with Crippen LogP contribution >= 0.6 is 0 Å². The van der Waals surface area contributed by atoms with Crippen molar-refractivity contribution >= 4 is 23.0 Å². The largest absolute Gasteiger partial charge is 0.462 e. The molecule has 2 heterocycles. The molecule has 0 aliphatic carbocycles. The van der Waals surface area contributed by atoms with Gasteiger partial charge in [-0.25, -0.2) is 4.98 Å². The van der Waals surface area contributed by atoms with Crippen LogP contribution in [0.1, 0.15) is 64.7 Å². The molecule has 2 aromatic rings. The van der Waals surface area contributed by atoms with Gasteiger partial charge in [0.25, 0.3) is 0 Å². The van der Waals surface area contributed by atoms with Gasteiger partial charge in [0, 0.05) is 26.5 Å². The Labute approximate surface area is 182 Å². The smallest absolute Gasteiger partial charge is 0.312 e. The molecule has 2 aromatic heterocycles. The van der Waals surface area contributed by atoms with E-state index in [1.165, 1.54) is 39.1 Å². The van der Waals surface area contributed by atoms with Crippen molar-refractivity contribution in [1.82, 2.24) is 19.5 Å². The Bertz CT molecular complexity index is 895. The van der Waals surface area contributed by atoms with E-state index in [1.807, 2.05) is 0 Å². The number of aryl methyl sites for hydroxylation is 1. The van der Waals surface area contributed by atoms with E-state index in [0.717, 1.165) is 19.3 Å². The molecule has 1 atom stereocenters. The maximum absolute atomic E-state index is 13.5. The minimum atomic E-state index is -1.11. The average molecular weight is 434 g/mol. The molecule has 0 saturated heterocycles. The number of halogens is 1. The summed E-state index contributed by atoms with van der Waals surface area (Å²) in [6.45, 7) is 2.45. The second kappa shape index (κ2) is 12.2. The highest BCUT2D eigenvalue weighted by Crippen LogP contribution is 2.21. The van der Waals surface area contributed by atoms with Gasteiger partial charge in [0.1, 0.15) is 12.1 Å². The summed E-state index contributed by atoms with van der Waals surface area (Å²) >= 11 is 0. The van der Waals surface area contributed by atoms with Gasteiger partial charge >= 0.3 is 12.0 Å². The molecule has 0 aliphatic rings. The topological polar surface area (TPSA) is 105 Å². The van der Waals surface area contributed by atoms with E-state index in [1.54, 1.807) is 4.57 Å². The third kappa shape index (κ3) is 7.17. The van der Waals surface area contributed by atoms with Crippen LogP contribution in [0.5, 0.6) is 0 Å². The number of imidazole rings is 1. The second-order valence-corrected chi connectivity index (χ2v) is 7.61. The lowest BCUT2D eigenvalue weighted by atomic mass is 10.0. The highest BCUT2D eigenvalue weighted by molar-refractivity contribution is 5.81. The predicted octanol–water partition coefficient (Wildman–Crippen LogP) is 3.64. The Hall–Kier alpha value is -2.73. The van der Waals surface area contributed by atoms with Crippen LogP contribution in [-0.4, -0.2) is 44.8 Å². The summed E-state index contributed by atoms with van der Waals surface area (Å²) < 4.78 is 26.0. The molecule has 0 aliphatic heterocycles. The number of nitrogen functional groups attached to an aromatic ring is 1. The minimum absolute atomic E-state index is 0.0319. The lowest BCUT2D eigenvalue weighted by Crippen LogP contribution is -2.37. The van der Waals surface area contributed by atoms with Crippen LogP contribution in [-0.2, 0) is 20.8 Å². The summed E-state index contributed by atoms with van der Waals surface area (Å²) in [5.41, 5.74) is 5.15. The monoisotopic (exact) mass is 433 g/mol. The van der Waals surface area contributed by atoms with Crippen LogP contribution in [0.4, 0.5) is 10.2 Å². The SMILES string of the molecule is C#CC(CCn1cnc2c(N)nc(F)nc21)(COC(=O)CCCCCCCCC)OC. The van der Waals surface area contributed by atoms with Crippen molar-refractivity contribution in [2.75, 3.05) is 19.5 Å². The summed E-state index contributed by atoms with van der Waals surface area (Å²) in [5.74, 6) is 2.26. The molecule has 0 bridgehead atoms. The van der Waals surface area contributed by atoms with Crippen molar-refractivity contribution in [3.8, 4) is 12.3 Å². The number of unbranched alkanes of at least 4 members (excludes halogenated alkanes) is 6. The van der Waals surface area contributed by atoms with E-state index in [2.05, 4.69) is 27.8 Å². The molecule has 8 nitrogen and oxygen atoms in total. The zero-order chi connectivity index (χ0) is 22.7. The van der Waals surface area contributed by atoms with Gasteiger partial charge in [0.05, 0.1) is 6.33 Å². The number of rotatable bonds is 14. The number of hydrogen-bond acceptors (Lipinski definition) is 7. The first-order valence-corrected chi connectivity index (χ1v) is 10.8. The molecule has 31 heavy (non-hydrogen) atoms. The van der Waals surface area contributed by atoms with E-state index in [0.29, 0.717) is 24.9 Å². The molecule has 170 valence electrons. The molecule has 0 aromatic carbocycles. The number of fused-ring (bicyclic) bond motifs is 1. The molecule has 1 unspecified atom stereocenters. The highest BCUT2D eigenvalue weighted by Gasteiger charge is 2.29. The van der Waals surface area contributed by atoms with Gasteiger partial charge < -0.3 is 19.8 Å². The first kappa shape index (κ1) is 24.5.